The number of rotatable bonds is 5. The Labute approximate surface area is 107 Å². The van der Waals surface area contributed by atoms with Crippen LogP contribution in [0.4, 0.5) is 0 Å². The summed E-state index contributed by atoms with van der Waals surface area (Å²) in [4.78, 5) is 7.67. The zero-order chi connectivity index (χ0) is 13.0. The molecule has 0 atom stereocenters. The number of methoxy groups -OCH3 is 1. The van der Waals surface area contributed by atoms with Gasteiger partial charge in [0, 0.05) is 5.56 Å². The Morgan fingerprint density at radius 3 is 2.94 bits per heavy atom. The number of nitrogens with zero attached hydrogens (tertiary/aromatic N) is 1. The first kappa shape index (κ1) is 12.6. The summed E-state index contributed by atoms with van der Waals surface area (Å²) >= 11 is 0. The summed E-state index contributed by atoms with van der Waals surface area (Å²) in [7, 11) is 1.68. The second-order valence-corrected chi connectivity index (χ2v) is 4.23. The maximum Gasteiger partial charge on any atom is 0.128 e. The zero-order valence-corrected chi connectivity index (χ0v) is 11.1. The molecule has 0 aliphatic carbocycles. The summed E-state index contributed by atoms with van der Waals surface area (Å²) in [6, 6.07) is 6.12. The lowest BCUT2D eigenvalue weighted by atomic mass is 10.1. The molecule has 0 saturated carbocycles. The fraction of sp³-hybridized carbons (Fsp3) is 0.357. The van der Waals surface area contributed by atoms with Gasteiger partial charge in [-0.3, -0.25) is 0 Å². The highest BCUT2D eigenvalue weighted by Crippen LogP contribution is 2.29. The minimum Gasteiger partial charge on any atom is -0.496 e. The van der Waals surface area contributed by atoms with Crippen LogP contribution in [0.25, 0.3) is 11.3 Å². The molecule has 0 fully saturated rings. The molecule has 0 aliphatic rings. The highest BCUT2D eigenvalue weighted by molar-refractivity contribution is 5.67. The normalized spacial score (nSPS) is 10.6. The minimum atomic E-state index is 0.755. The van der Waals surface area contributed by atoms with Crippen molar-refractivity contribution in [2.45, 2.75) is 20.4 Å². The van der Waals surface area contributed by atoms with Gasteiger partial charge in [0.2, 0.25) is 0 Å². The van der Waals surface area contributed by atoms with Crippen molar-refractivity contribution >= 4 is 0 Å². The van der Waals surface area contributed by atoms with Gasteiger partial charge in [-0.2, -0.15) is 0 Å². The molecule has 2 aromatic rings. The highest BCUT2D eigenvalue weighted by atomic mass is 16.5. The summed E-state index contributed by atoms with van der Waals surface area (Å²) in [5, 5.41) is 3.24. The van der Waals surface area contributed by atoms with E-state index >= 15 is 0 Å². The molecular formula is C14H19N3O. The fourth-order valence-electron chi connectivity index (χ4n) is 1.86. The van der Waals surface area contributed by atoms with Crippen LogP contribution in [0.15, 0.2) is 24.4 Å². The molecule has 4 heteroatoms. The molecule has 0 spiro atoms. The highest BCUT2D eigenvalue weighted by Gasteiger charge is 2.09. The van der Waals surface area contributed by atoms with Gasteiger partial charge >= 0.3 is 0 Å². The van der Waals surface area contributed by atoms with Gasteiger partial charge in [0.1, 0.15) is 11.6 Å². The van der Waals surface area contributed by atoms with Gasteiger partial charge in [-0.1, -0.05) is 18.6 Å². The van der Waals surface area contributed by atoms with Crippen molar-refractivity contribution in [3.8, 4) is 17.0 Å². The van der Waals surface area contributed by atoms with E-state index in [1.807, 2.05) is 18.3 Å². The van der Waals surface area contributed by atoms with E-state index in [9.17, 15) is 0 Å². The number of nitrogens with one attached hydrogen (secondary N) is 2. The van der Waals surface area contributed by atoms with Crippen molar-refractivity contribution in [3.05, 3.63) is 35.8 Å². The number of aromatic amines is 1. The lowest BCUT2D eigenvalue weighted by Gasteiger charge is -2.07. The van der Waals surface area contributed by atoms with Gasteiger partial charge in [0.25, 0.3) is 0 Å². The number of aromatic nitrogens is 2. The number of H-pyrrole nitrogens is 1. The topological polar surface area (TPSA) is 49.9 Å². The van der Waals surface area contributed by atoms with Crippen LogP contribution in [0.3, 0.4) is 0 Å². The Hall–Kier alpha value is -1.81. The van der Waals surface area contributed by atoms with Crippen LogP contribution in [0.1, 0.15) is 18.3 Å². The molecule has 4 nitrogen and oxygen atoms in total. The number of imidazole rings is 1. The maximum absolute atomic E-state index is 5.38. The summed E-state index contributed by atoms with van der Waals surface area (Å²) in [6.45, 7) is 5.83. The Morgan fingerprint density at radius 1 is 1.39 bits per heavy atom. The SMILES string of the molecule is CCNCc1ncc(-c2cc(C)ccc2OC)[nH]1. The average molecular weight is 245 g/mol. The molecule has 0 aliphatic heterocycles. The lowest BCUT2D eigenvalue weighted by molar-refractivity contribution is 0.416. The monoisotopic (exact) mass is 245 g/mol. The Balaban J connectivity index is 2.30. The molecule has 0 saturated heterocycles. The van der Waals surface area contributed by atoms with Crippen LogP contribution in [0, 0.1) is 6.92 Å². The van der Waals surface area contributed by atoms with Crippen molar-refractivity contribution in [1.29, 1.82) is 0 Å². The molecule has 18 heavy (non-hydrogen) atoms. The van der Waals surface area contributed by atoms with E-state index in [1.54, 1.807) is 7.11 Å². The summed E-state index contributed by atoms with van der Waals surface area (Å²) in [6.07, 6.45) is 1.85. The Morgan fingerprint density at radius 2 is 2.22 bits per heavy atom. The van der Waals surface area contributed by atoms with E-state index in [4.69, 9.17) is 4.74 Å². The smallest absolute Gasteiger partial charge is 0.128 e. The van der Waals surface area contributed by atoms with Gasteiger partial charge in [-0.05, 0) is 25.6 Å². The molecule has 1 aromatic carbocycles. The second kappa shape index (κ2) is 5.69. The zero-order valence-electron chi connectivity index (χ0n) is 11.1. The van der Waals surface area contributed by atoms with E-state index in [1.165, 1.54) is 5.56 Å². The molecule has 0 bridgehead atoms. The molecule has 96 valence electrons. The van der Waals surface area contributed by atoms with Crippen LogP contribution in [0.2, 0.25) is 0 Å². The molecule has 1 aromatic heterocycles. The number of hydrogen-bond acceptors (Lipinski definition) is 3. The molecule has 2 rings (SSSR count). The van der Waals surface area contributed by atoms with Gasteiger partial charge < -0.3 is 15.0 Å². The summed E-state index contributed by atoms with van der Waals surface area (Å²) in [5.41, 5.74) is 3.24. The first-order valence-electron chi connectivity index (χ1n) is 6.14. The van der Waals surface area contributed by atoms with Gasteiger partial charge in [0.15, 0.2) is 0 Å². The molecule has 2 N–H and O–H groups in total. The van der Waals surface area contributed by atoms with Crippen LogP contribution in [-0.2, 0) is 6.54 Å². The molecular weight excluding hydrogens is 226 g/mol. The molecule has 0 unspecified atom stereocenters. The van der Waals surface area contributed by atoms with Crippen LogP contribution in [0.5, 0.6) is 5.75 Å². The van der Waals surface area contributed by atoms with Gasteiger partial charge in [-0.25, -0.2) is 4.98 Å². The van der Waals surface area contributed by atoms with Crippen LogP contribution >= 0.6 is 0 Å². The van der Waals surface area contributed by atoms with Crippen molar-refractivity contribution in [2.24, 2.45) is 0 Å². The van der Waals surface area contributed by atoms with Crippen molar-refractivity contribution < 1.29 is 4.74 Å². The summed E-state index contributed by atoms with van der Waals surface area (Å²) in [5.74, 6) is 1.80. The third-order valence-electron chi connectivity index (χ3n) is 2.82. The van der Waals surface area contributed by atoms with E-state index in [0.29, 0.717) is 0 Å². The largest absolute Gasteiger partial charge is 0.496 e. The molecule has 0 amide bonds. The van der Waals surface area contributed by atoms with Crippen LogP contribution < -0.4 is 10.1 Å². The first-order chi connectivity index (χ1) is 8.74. The van der Waals surface area contributed by atoms with Crippen molar-refractivity contribution in [2.75, 3.05) is 13.7 Å². The lowest BCUT2D eigenvalue weighted by Crippen LogP contribution is -2.12. The third kappa shape index (κ3) is 2.71. The van der Waals surface area contributed by atoms with E-state index in [-0.39, 0.29) is 0 Å². The number of hydrogen-bond donors (Lipinski definition) is 2. The van der Waals surface area contributed by atoms with Crippen LogP contribution in [-0.4, -0.2) is 23.6 Å². The van der Waals surface area contributed by atoms with E-state index in [2.05, 4.69) is 35.2 Å². The van der Waals surface area contributed by atoms with Gasteiger partial charge in [0.05, 0.1) is 25.5 Å². The Kier molecular flexibility index (Phi) is 3.99. The Bertz CT molecular complexity index is 520. The van der Waals surface area contributed by atoms with Crippen molar-refractivity contribution in [1.82, 2.24) is 15.3 Å². The number of benzene rings is 1. The first-order valence-corrected chi connectivity index (χ1v) is 6.14. The maximum atomic E-state index is 5.38. The summed E-state index contributed by atoms with van der Waals surface area (Å²) < 4.78 is 5.38. The molecule has 1 heterocycles. The second-order valence-electron chi connectivity index (χ2n) is 4.23. The van der Waals surface area contributed by atoms with E-state index in [0.717, 1.165) is 35.9 Å². The molecule has 0 radical (unpaired) electrons. The predicted octanol–water partition coefficient (Wildman–Crippen LogP) is 2.50. The average Bonchev–Trinajstić information content (AvgIpc) is 2.85. The third-order valence-corrected chi connectivity index (χ3v) is 2.82. The predicted molar refractivity (Wildman–Crippen MR) is 72.7 cm³/mol. The quantitative estimate of drug-likeness (QED) is 0.851. The standard InChI is InChI=1S/C14H19N3O/c1-4-15-9-14-16-8-12(17-14)11-7-10(2)5-6-13(11)18-3/h5-8,15H,4,9H2,1-3H3,(H,16,17). The number of aryl methyl sites for hydroxylation is 1. The number of ether oxygens (including phenoxy) is 1. The van der Waals surface area contributed by atoms with E-state index < -0.39 is 0 Å². The fourth-order valence-corrected chi connectivity index (χ4v) is 1.86. The van der Waals surface area contributed by atoms with Crippen molar-refractivity contribution in [3.63, 3.8) is 0 Å². The minimum absolute atomic E-state index is 0.755. The van der Waals surface area contributed by atoms with Gasteiger partial charge in [-0.15, -0.1) is 0 Å².